The third kappa shape index (κ3) is 6.23. The number of benzene rings is 2. The van der Waals surface area contributed by atoms with Gasteiger partial charge in [0.15, 0.2) is 5.78 Å². The van der Waals surface area contributed by atoms with Crippen molar-refractivity contribution < 1.29 is 14.0 Å². The van der Waals surface area contributed by atoms with Gasteiger partial charge in [0.1, 0.15) is 5.82 Å². The lowest BCUT2D eigenvalue weighted by atomic mass is 9.89. The summed E-state index contributed by atoms with van der Waals surface area (Å²) in [5.41, 5.74) is 2.37. The molecule has 0 bridgehead atoms. The van der Waals surface area contributed by atoms with Gasteiger partial charge >= 0.3 is 0 Å². The molecule has 0 radical (unpaired) electrons. The van der Waals surface area contributed by atoms with Crippen molar-refractivity contribution in [3.63, 3.8) is 0 Å². The SMILES string of the molecule is CCC(=O)Nc1cccc(C2CCN(CCCCC(=O)c3ccccc3F)CC2)c1. The summed E-state index contributed by atoms with van der Waals surface area (Å²) >= 11 is 0. The van der Waals surface area contributed by atoms with E-state index in [9.17, 15) is 14.0 Å². The summed E-state index contributed by atoms with van der Waals surface area (Å²) in [6.45, 7) is 4.91. The number of ketones is 1. The summed E-state index contributed by atoms with van der Waals surface area (Å²) in [5.74, 6) is 0.0163. The number of halogens is 1. The topological polar surface area (TPSA) is 49.4 Å². The molecule has 1 amide bonds. The van der Waals surface area contributed by atoms with E-state index >= 15 is 0 Å². The minimum atomic E-state index is -0.428. The zero-order chi connectivity index (χ0) is 21.3. The fraction of sp³-hybridized carbons (Fsp3) is 0.440. The van der Waals surface area contributed by atoms with Crippen molar-refractivity contribution in [2.45, 2.75) is 51.4 Å². The van der Waals surface area contributed by atoms with Crippen LogP contribution in [0.5, 0.6) is 0 Å². The number of hydrogen-bond donors (Lipinski definition) is 1. The van der Waals surface area contributed by atoms with Gasteiger partial charge in [-0.2, -0.15) is 0 Å². The number of amides is 1. The molecule has 3 rings (SSSR count). The molecule has 1 aliphatic rings. The molecular formula is C25H31FN2O2. The third-order valence-electron chi connectivity index (χ3n) is 5.85. The Hall–Kier alpha value is -2.53. The first-order chi connectivity index (χ1) is 14.6. The van der Waals surface area contributed by atoms with Gasteiger partial charge in [0.05, 0.1) is 5.56 Å². The highest BCUT2D eigenvalue weighted by molar-refractivity contribution is 5.96. The van der Waals surface area contributed by atoms with Gasteiger partial charge < -0.3 is 10.2 Å². The Bertz CT molecular complexity index is 860. The van der Waals surface area contributed by atoms with Gasteiger partial charge in [0.2, 0.25) is 5.91 Å². The molecule has 1 fully saturated rings. The summed E-state index contributed by atoms with van der Waals surface area (Å²) in [6, 6.07) is 14.4. The molecular weight excluding hydrogens is 379 g/mol. The van der Waals surface area contributed by atoms with E-state index in [1.807, 2.05) is 19.1 Å². The van der Waals surface area contributed by atoms with Crippen LogP contribution >= 0.6 is 0 Å². The van der Waals surface area contributed by atoms with Crippen LogP contribution in [0.2, 0.25) is 0 Å². The fourth-order valence-electron chi connectivity index (χ4n) is 4.05. The van der Waals surface area contributed by atoms with Crippen LogP contribution in [0.3, 0.4) is 0 Å². The minimum absolute atomic E-state index is 0.0375. The predicted molar refractivity (Wildman–Crippen MR) is 118 cm³/mol. The van der Waals surface area contributed by atoms with E-state index in [2.05, 4.69) is 22.3 Å². The van der Waals surface area contributed by atoms with E-state index in [0.29, 0.717) is 18.8 Å². The van der Waals surface area contributed by atoms with E-state index in [1.54, 1.807) is 18.2 Å². The van der Waals surface area contributed by atoms with Gasteiger partial charge in [-0.25, -0.2) is 4.39 Å². The number of unbranched alkanes of at least 4 members (excludes halogenated alkanes) is 1. The van der Waals surface area contributed by atoms with E-state index in [-0.39, 0.29) is 17.3 Å². The summed E-state index contributed by atoms with van der Waals surface area (Å²) in [7, 11) is 0. The Morgan fingerprint density at radius 1 is 1.07 bits per heavy atom. The highest BCUT2D eigenvalue weighted by Crippen LogP contribution is 2.29. The summed E-state index contributed by atoms with van der Waals surface area (Å²) in [6.07, 6.45) is 4.80. The normalized spacial score (nSPS) is 15.1. The summed E-state index contributed by atoms with van der Waals surface area (Å²) in [4.78, 5) is 26.2. The zero-order valence-corrected chi connectivity index (χ0v) is 17.7. The Morgan fingerprint density at radius 2 is 1.83 bits per heavy atom. The van der Waals surface area contributed by atoms with Crippen LogP contribution < -0.4 is 5.32 Å². The number of piperidine rings is 1. The maximum absolute atomic E-state index is 13.7. The Kier molecular flexibility index (Phi) is 8.14. The Morgan fingerprint density at radius 3 is 2.57 bits per heavy atom. The van der Waals surface area contributed by atoms with Crippen molar-refractivity contribution in [1.29, 1.82) is 0 Å². The number of anilines is 1. The second-order valence-corrected chi connectivity index (χ2v) is 8.00. The summed E-state index contributed by atoms with van der Waals surface area (Å²) in [5, 5.41) is 2.94. The van der Waals surface area contributed by atoms with Gasteiger partial charge in [0.25, 0.3) is 0 Å². The average molecular weight is 411 g/mol. The number of carbonyl (C=O) groups is 2. The van der Waals surface area contributed by atoms with Crippen molar-refractivity contribution in [3.05, 3.63) is 65.5 Å². The maximum Gasteiger partial charge on any atom is 0.224 e. The van der Waals surface area contributed by atoms with E-state index in [0.717, 1.165) is 51.0 Å². The second-order valence-electron chi connectivity index (χ2n) is 8.00. The number of nitrogens with zero attached hydrogens (tertiary/aromatic N) is 1. The number of likely N-dealkylation sites (tertiary alicyclic amines) is 1. The fourth-order valence-corrected chi connectivity index (χ4v) is 4.05. The maximum atomic E-state index is 13.7. The highest BCUT2D eigenvalue weighted by Gasteiger charge is 2.20. The molecule has 4 nitrogen and oxygen atoms in total. The molecule has 30 heavy (non-hydrogen) atoms. The van der Waals surface area contributed by atoms with Crippen LogP contribution in [-0.2, 0) is 4.79 Å². The molecule has 2 aromatic carbocycles. The Labute approximate surface area is 178 Å². The van der Waals surface area contributed by atoms with Crippen molar-refractivity contribution >= 4 is 17.4 Å². The van der Waals surface area contributed by atoms with Gasteiger partial charge in [-0.3, -0.25) is 9.59 Å². The smallest absolute Gasteiger partial charge is 0.224 e. The van der Waals surface area contributed by atoms with Crippen molar-refractivity contribution in [3.8, 4) is 0 Å². The molecule has 2 aromatic rings. The summed E-state index contributed by atoms with van der Waals surface area (Å²) < 4.78 is 13.7. The van der Waals surface area contributed by atoms with Gasteiger partial charge in [0, 0.05) is 18.5 Å². The number of hydrogen-bond acceptors (Lipinski definition) is 3. The van der Waals surface area contributed by atoms with Crippen LogP contribution in [0.25, 0.3) is 0 Å². The monoisotopic (exact) mass is 410 g/mol. The molecule has 1 N–H and O–H groups in total. The molecule has 1 saturated heterocycles. The largest absolute Gasteiger partial charge is 0.326 e. The highest BCUT2D eigenvalue weighted by atomic mass is 19.1. The Balaban J connectivity index is 1.39. The average Bonchev–Trinajstić information content (AvgIpc) is 2.77. The van der Waals surface area contributed by atoms with E-state index in [4.69, 9.17) is 0 Å². The van der Waals surface area contributed by atoms with Crippen LogP contribution in [-0.4, -0.2) is 36.2 Å². The second kappa shape index (κ2) is 11.0. The van der Waals surface area contributed by atoms with Gasteiger partial charge in [-0.05, 0) is 81.1 Å². The quantitative estimate of drug-likeness (QED) is 0.444. The lowest BCUT2D eigenvalue weighted by Crippen LogP contribution is -2.33. The first-order valence-electron chi connectivity index (χ1n) is 11.0. The van der Waals surface area contributed by atoms with Gasteiger partial charge in [-0.15, -0.1) is 0 Å². The third-order valence-corrected chi connectivity index (χ3v) is 5.85. The van der Waals surface area contributed by atoms with Crippen molar-refractivity contribution in [1.82, 2.24) is 4.90 Å². The molecule has 0 aromatic heterocycles. The van der Waals surface area contributed by atoms with Gasteiger partial charge in [-0.1, -0.05) is 31.2 Å². The molecule has 1 aliphatic heterocycles. The molecule has 0 unspecified atom stereocenters. The molecule has 0 aliphatic carbocycles. The standard InChI is InChI=1S/C25H31FN2O2/c1-2-25(30)27-21-9-7-8-20(18-21)19-13-16-28(17-14-19)15-6-5-12-24(29)22-10-3-4-11-23(22)26/h3-4,7-11,18-19H,2,5-6,12-17H2,1H3,(H,27,30). The van der Waals surface area contributed by atoms with E-state index < -0.39 is 5.82 Å². The predicted octanol–water partition coefficient (Wildman–Crippen LogP) is 5.41. The van der Waals surface area contributed by atoms with Crippen LogP contribution in [0.15, 0.2) is 48.5 Å². The number of rotatable bonds is 9. The zero-order valence-electron chi connectivity index (χ0n) is 17.7. The molecule has 0 atom stereocenters. The lowest BCUT2D eigenvalue weighted by Gasteiger charge is -2.32. The molecule has 0 spiro atoms. The van der Waals surface area contributed by atoms with Crippen LogP contribution in [0.1, 0.15) is 67.3 Å². The molecule has 0 saturated carbocycles. The number of carbonyl (C=O) groups excluding carboxylic acids is 2. The first kappa shape index (κ1) is 22.2. The number of Topliss-reactive ketones (excluding diaryl/α,β-unsaturated/α-hetero) is 1. The molecule has 160 valence electrons. The minimum Gasteiger partial charge on any atom is -0.326 e. The van der Waals surface area contributed by atoms with Crippen LogP contribution in [0.4, 0.5) is 10.1 Å². The van der Waals surface area contributed by atoms with Crippen molar-refractivity contribution in [2.24, 2.45) is 0 Å². The van der Waals surface area contributed by atoms with E-state index in [1.165, 1.54) is 11.6 Å². The van der Waals surface area contributed by atoms with Crippen molar-refractivity contribution in [2.75, 3.05) is 25.0 Å². The van der Waals surface area contributed by atoms with Crippen LogP contribution in [0, 0.1) is 5.82 Å². The first-order valence-corrected chi connectivity index (χ1v) is 11.0. The molecule has 5 heteroatoms. The number of nitrogens with one attached hydrogen (secondary N) is 1. The lowest BCUT2D eigenvalue weighted by molar-refractivity contribution is -0.115. The molecule has 1 heterocycles.